The molecule has 2 rings (SSSR count). The first kappa shape index (κ1) is 15.1. The molecular weight excluding hydrogens is 264 g/mol. The summed E-state index contributed by atoms with van der Waals surface area (Å²) in [5.74, 6) is 0.654. The average Bonchev–Trinajstić information content (AvgIpc) is 2.48. The summed E-state index contributed by atoms with van der Waals surface area (Å²) in [6.45, 7) is 4.58. The van der Waals surface area contributed by atoms with Crippen LogP contribution in [0.3, 0.4) is 0 Å². The number of hydrogen-bond acceptors (Lipinski definition) is 0. The topological polar surface area (TPSA) is 0 Å². The molecule has 1 heteroatoms. The van der Waals surface area contributed by atoms with Gasteiger partial charge in [0.2, 0.25) is 0 Å². The van der Waals surface area contributed by atoms with E-state index in [4.69, 9.17) is 11.6 Å². The van der Waals surface area contributed by atoms with Gasteiger partial charge in [-0.05, 0) is 41.2 Å². The van der Waals surface area contributed by atoms with Gasteiger partial charge in [-0.1, -0.05) is 81.1 Å². The van der Waals surface area contributed by atoms with Crippen LogP contribution < -0.4 is 0 Å². The van der Waals surface area contributed by atoms with E-state index in [1.165, 1.54) is 42.4 Å². The number of halogens is 1. The predicted molar refractivity (Wildman–Crippen MR) is 89.4 cm³/mol. The predicted octanol–water partition coefficient (Wildman–Crippen LogP) is 6.69. The van der Waals surface area contributed by atoms with Crippen molar-refractivity contribution in [1.82, 2.24) is 0 Å². The van der Waals surface area contributed by atoms with Crippen LogP contribution in [-0.4, -0.2) is 0 Å². The average molecular weight is 287 g/mol. The van der Waals surface area contributed by atoms with E-state index < -0.39 is 0 Å². The third-order valence-corrected chi connectivity index (χ3v) is 4.15. The Bertz CT molecular complexity index is 510. The number of rotatable bonds is 6. The molecule has 2 aromatic carbocycles. The van der Waals surface area contributed by atoms with E-state index in [-0.39, 0.29) is 0 Å². The van der Waals surface area contributed by atoms with Crippen molar-refractivity contribution in [3.05, 3.63) is 59.1 Å². The summed E-state index contributed by atoms with van der Waals surface area (Å²) in [5.41, 5.74) is 3.92. The van der Waals surface area contributed by atoms with Crippen LogP contribution in [0, 0.1) is 0 Å². The Hall–Kier alpha value is -1.27. The fourth-order valence-electron chi connectivity index (χ4n) is 2.51. The Morgan fingerprint density at radius 3 is 1.95 bits per heavy atom. The molecule has 0 radical (unpaired) electrons. The Kier molecular flexibility index (Phi) is 5.67. The van der Waals surface area contributed by atoms with E-state index in [9.17, 15) is 0 Å². The molecule has 0 aliphatic carbocycles. The van der Waals surface area contributed by atoms with E-state index in [1.807, 2.05) is 12.1 Å². The van der Waals surface area contributed by atoms with Crippen molar-refractivity contribution < 1.29 is 0 Å². The first-order valence-corrected chi connectivity index (χ1v) is 7.94. The smallest absolute Gasteiger partial charge is 0.0406 e. The highest BCUT2D eigenvalue weighted by Gasteiger charge is 2.05. The molecule has 20 heavy (non-hydrogen) atoms. The molecular formula is C19H23Cl. The summed E-state index contributed by atoms with van der Waals surface area (Å²) in [6.07, 6.45) is 5.25. The monoisotopic (exact) mass is 286 g/mol. The number of unbranched alkanes of at least 4 members (excludes halogenated alkanes) is 2. The van der Waals surface area contributed by atoms with E-state index >= 15 is 0 Å². The Labute approximate surface area is 127 Å². The van der Waals surface area contributed by atoms with Gasteiger partial charge in [0, 0.05) is 5.02 Å². The molecule has 0 saturated heterocycles. The largest absolute Gasteiger partial charge is 0.0843 e. The van der Waals surface area contributed by atoms with Crippen molar-refractivity contribution >= 4 is 11.6 Å². The van der Waals surface area contributed by atoms with E-state index in [0.29, 0.717) is 5.92 Å². The van der Waals surface area contributed by atoms with Crippen molar-refractivity contribution in [3.63, 3.8) is 0 Å². The van der Waals surface area contributed by atoms with Crippen LogP contribution in [-0.2, 0) is 0 Å². The van der Waals surface area contributed by atoms with Gasteiger partial charge in [0.1, 0.15) is 0 Å². The van der Waals surface area contributed by atoms with Gasteiger partial charge in [-0.3, -0.25) is 0 Å². The highest BCUT2D eigenvalue weighted by atomic mass is 35.5. The zero-order chi connectivity index (χ0) is 14.4. The Morgan fingerprint density at radius 2 is 1.40 bits per heavy atom. The summed E-state index contributed by atoms with van der Waals surface area (Å²) in [6, 6.07) is 17.0. The fraction of sp³-hybridized carbons (Fsp3) is 0.368. The molecule has 0 saturated carbocycles. The molecule has 0 nitrogen and oxygen atoms in total. The number of hydrogen-bond donors (Lipinski definition) is 0. The molecule has 0 spiro atoms. The zero-order valence-corrected chi connectivity index (χ0v) is 13.2. The van der Waals surface area contributed by atoms with Crippen LogP contribution in [0.2, 0.25) is 5.02 Å². The van der Waals surface area contributed by atoms with Crippen molar-refractivity contribution in [1.29, 1.82) is 0 Å². The molecule has 2 aromatic rings. The second kappa shape index (κ2) is 7.50. The summed E-state index contributed by atoms with van der Waals surface area (Å²) in [4.78, 5) is 0. The first-order valence-electron chi connectivity index (χ1n) is 7.56. The van der Waals surface area contributed by atoms with Crippen LogP contribution in [0.4, 0.5) is 0 Å². The molecule has 106 valence electrons. The minimum Gasteiger partial charge on any atom is -0.0843 e. The highest BCUT2D eigenvalue weighted by molar-refractivity contribution is 6.30. The van der Waals surface area contributed by atoms with Crippen molar-refractivity contribution in [2.75, 3.05) is 0 Å². The third-order valence-electron chi connectivity index (χ3n) is 3.90. The molecule has 0 fully saturated rings. The Balaban J connectivity index is 2.04. The van der Waals surface area contributed by atoms with Gasteiger partial charge in [-0.2, -0.15) is 0 Å². The summed E-state index contributed by atoms with van der Waals surface area (Å²) >= 11 is 5.93. The maximum Gasteiger partial charge on any atom is 0.0406 e. The SMILES string of the molecule is CCCCCC(C)c1ccc(-c2ccc(Cl)cc2)cc1. The van der Waals surface area contributed by atoms with Crippen molar-refractivity contribution in [2.24, 2.45) is 0 Å². The van der Waals surface area contributed by atoms with Crippen LogP contribution in [0.5, 0.6) is 0 Å². The van der Waals surface area contributed by atoms with Crippen molar-refractivity contribution in [2.45, 2.75) is 45.4 Å². The highest BCUT2D eigenvalue weighted by Crippen LogP contribution is 2.26. The van der Waals surface area contributed by atoms with E-state index in [1.54, 1.807) is 0 Å². The second-order valence-corrected chi connectivity index (χ2v) is 5.96. The third kappa shape index (κ3) is 4.11. The molecule has 0 amide bonds. The summed E-state index contributed by atoms with van der Waals surface area (Å²) < 4.78 is 0. The fourth-order valence-corrected chi connectivity index (χ4v) is 2.64. The van der Waals surface area contributed by atoms with Gasteiger partial charge in [-0.25, -0.2) is 0 Å². The molecule has 1 atom stereocenters. The van der Waals surface area contributed by atoms with Crippen LogP contribution in [0.25, 0.3) is 11.1 Å². The van der Waals surface area contributed by atoms with Gasteiger partial charge >= 0.3 is 0 Å². The lowest BCUT2D eigenvalue weighted by Crippen LogP contribution is -1.93. The first-order chi connectivity index (χ1) is 9.70. The molecule has 0 heterocycles. The quantitative estimate of drug-likeness (QED) is 0.519. The minimum absolute atomic E-state index is 0.654. The van der Waals surface area contributed by atoms with Crippen LogP contribution >= 0.6 is 11.6 Å². The molecule has 1 unspecified atom stereocenters. The van der Waals surface area contributed by atoms with Gasteiger partial charge < -0.3 is 0 Å². The minimum atomic E-state index is 0.654. The summed E-state index contributed by atoms with van der Waals surface area (Å²) in [7, 11) is 0. The standard InChI is InChI=1S/C19H23Cl/c1-3-4-5-6-15(2)16-7-9-17(10-8-16)18-11-13-19(20)14-12-18/h7-15H,3-6H2,1-2H3. The maximum atomic E-state index is 5.93. The summed E-state index contributed by atoms with van der Waals surface area (Å²) in [5, 5.41) is 0.787. The van der Waals surface area contributed by atoms with Crippen LogP contribution in [0.1, 0.15) is 51.0 Å². The van der Waals surface area contributed by atoms with Gasteiger partial charge in [-0.15, -0.1) is 0 Å². The molecule has 0 bridgehead atoms. The van der Waals surface area contributed by atoms with Gasteiger partial charge in [0.15, 0.2) is 0 Å². The lowest BCUT2D eigenvalue weighted by molar-refractivity contribution is 0.598. The molecule has 0 N–H and O–H groups in total. The number of benzene rings is 2. The van der Waals surface area contributed by atoms with Crippen molar-refractivity contribution in [3.8, 4) is 11.1 Å². The van der Waals surface area contributed by atoms with E-state index in [0.717, 1.165) is 5.02 Å². The molecule has 0 aromatic heterocycles. The normalized spacial score (nSPS) is 12.3. The van der Waals surface area contributed by atoms with Gasteiger partial charge in [0.05, 0.1) is 0 Å². The zero-order valence-electron chi connectivity index (χ0n) is 12.4. The lowest BCUT2D eigenvalue weighted by atomic mass is 9.93. The van der Waals surface area contributed by atoms with Crippen LogP contribution in [0.15, 0.2) is 48.5 Å². The molecule has 0 aliphatic heterocycles. The molecule has 0 aliphatic rings. The lowest BCUT2D eigenvalue weighted by Gasteiger charge is -2.12. The Morgan fingerprint density at radius 1 is 0.850 bits per heavy atom. The second-order valence-electron chi connectivity index (χ2n) is 5.53. The maximum absolute atomic E-state index is 5.93. The van der Waals surface area contributed by atoms with E-state index in [2.05, 4.69) is 50.2 Å². The van der Waals surface area contributed by atoms with Gasteiger partial charge in [0.25, 0.3) is 0 Å².